The van der Waals surface area contributed by atoms with Gasteiger partial charge in [0.25, 0.3) is 0 Å². The van der Waals surface area contributed by atoms with Crippen LogP contribution in [0.1, 0.15) is 71.6 Å². The minimum atomic E-state index is -1.03. The van der Waals surface area contributed by atoms with E-state index < -0.39 is 18.0 Å². The van der Waals surface area contributed by atoms with Gasteiger partial charge in [0.05, 0.1) is 12.0 Å². The number of unbranched alkanes of at least 4 members (excludes halogenated alkanes) is 1. The van der Waals surface area contributed by atoms with Gasteiger partial charge in [-0.05, 0) is 50.9 Å². The summed E-state index contributed by atoms with van der Waals surface area (Å²) in [7, 11) is 0. The van der Waals surface area contributed by atoms with E-state index in [4.69, 9.17) is 5.11 Å². The highest BCUT2D eigenvalue weighted by Crippen LogP contribution is 2.26. The summed E-state index contributed by atoms with van der Waals surface area (Å²) in [6, 6.07) is 0. The first-order valence-corrected chi connectivity index (χ1v) is 11.4. The SMILES string of the molecule is CC/C=C\C/C=C\C/C=C\C/C=C\C/C=C\[C@@H](CCCC)C(C(=O)O)[C@H](O)CCO. The number of carboxylic acid groups (broad SMARTS) is 1. The maximum Gasteiger partial charge on any atom is 0.309 e. The monoisotopic (exact) mass is 418 g/mol. The molecule has 0 aromatic carbocycles. The molecular formula is C26H42O4. The zero-order chi connectivity index (χ0) is 22.5. The molecule has 0 spiro atoms. The predicted octanol–water partition coefficient (Wildman–Crippen LogP) is 5.99. The van der Waals surface area contributed by atoms with Crippen LogP contribution in [-0.4, -0.2) is 34.0 Å². The fraction of sp³-hybridized carbons (Fsp3) is 0.577. The van der Waals surface area contributed by atoms with Crippen LogP contribution in [0.5, 0.6) is 0 Å². The van der Waals surface area contributed by atoms with Crippen molar-refractivity contribution < 1.29 is 20.1 Å². The van der Waals surface area contributed by atoms with Gasteiger partial charge in [-0.25, -0.2) is 0 Å². The van der Waals surface area contributed by atoms with Crippen molar-refractivity contribution in [3.8, 4) is 0 Å². The quantitative estimate of drug-likeness (QED) is 0.239. The molecule has 0 heterocycles. The molecule has 0 aliphatic heterocycles. The third kappa shape index (κ3) is 15.0. The first-order chi connectivity index (χ1) is 14.6. The van der Waals surface area contributed by atoms with E-state index in [1.165, 1.54) is 0 Å². The van der Waals surface area contributed by atoms with E-state index in [2.05, 4.69) is 62.5 Å². The van der Waals surface area contributed by atoms with Crippen LogP contribution >= 0.6 is 0 Å². The summed E-state index contributed by atoms with van der Waals surface area (Å²) in [5, 5.41) is 28.8. The molecule has 30 heavy (non-hydrogen) atoms. The number of rotatable bonds is 18. The summed E-state index contributed by atoms with van der Waals surface area (Å²) >= 11 is 0. The van der Waals surface area contributed by atoms with Crippen LogP contribution in [0.4, 0.5) is 0 Å². The molecule has 0 amide bonds. The fourth-order valence-corrected chi connectivity index (χ4v) is 3.19. The van der Waals surface area contributed by atoms with Crippen molar-refractivity contribution in [2.45, 2.75) is 77.7 Å². The molecule has 0 radical (unpaired) electrons. The molecule has 170 valence electrons. The van der Waals surface area contributed by atoms with Gasteiger partial charge in [-0.1, -0.05) is 87.4 Å². The molecule has 0 saturated heterocycles. The van der Waals surface area contributed by atoms with Gasteiger partial charge < -0.3 is 15.3 Å². The van der Waals surface area contributed by atoms with Crippen LogP contribution in [0.3, 0.4) is 0 Å². The van der Waals surface area contributed by atoms with Gasteiger partial charge in [-0.3, -0.25) is 4.79 Å². The average molecular weight is 419 g/mol. The molecule has 3 atom stereocenters. The second-order valence-corrected chi connectivity index (χ2v) is 7.41. The van der Waals surface area contributed by atoms with Crippen molar-refractivity contribution in [3.05, 3.63) is 60.8 Å². The normalized spacial score (nSPS) is 15.9. The van der Waals surface area contributed by atoms with E-state index in [0.29, 0.717) is 0 Å². The second kappa shape index (κ2) is 20.4. The highest BCUT2D eigenvalue weighted by atomic mass is 16.4. The van der Waals surface area contributed by atoms with Gasteiger partial charge in [0, 0.05) is 6.61 Å². The molecule has 0 rings (SSSR count). The average Bonchev–Trinajstić information content (AvgIpc) is 2.71. The lowest BCUT2D eigenvalue weighted by atomic mass is 9.82. The maximum atomic E-state index is 11.7. The van der Waals surface area contributed by atoms with Gasteiger partial charge in [-0.15, -0.1) is 0 Å². The molecular weight excluding hydrogens is 376 g/mol. The summed E-state index contributed by atoms with van der Waals surface area (Å²) in [6.07, 6.45) is 27.4. The van der Waals surface area contributed by atoms with E-state index in [1.54, 1.807) is 0 Å². The van der Waals surface area contributed by atoms with Crippen LogP contribution < -0.4 is 0 Å². The molecule has 0 fully saturated rings. The van der Waals surface area contributed by atoms with Crippen molar-refractivity contribution in [3.63, 3.8) is 0 Å². The van der Waals surface area contributed by atoms with Crippen molar-refractivity contribution >= 4 is 5.97 Å². The van der Waals surface area contributed by atoms with E-state index in [9.17, 15) is 15.0 Å². The minimum Gasteiger partial charge on any atom is -0.481 e. The van der Waals surface area contributed by atoms with Crippen LogP contribution in [-0.2, 0) is 4.79 Å². The van der Waals surface area contributed by atoms with Crippen LogP contribution in [0.25, 0.3) is 0 Å². The lowest BCUT2D eigenvalue weighted by Crippen LogP contribution is -2.34. The highest BCUT2D eigenvalue weighted by molar-refractivity contribution is 5.71. The molecule has 3 N–H and O–H groups in total. The zero-order valence-electron chi connectivity index (χ0n) is 18.8. The number of carbonyl (C=O) groups is 1. The van der Waals surface area contributed by atoms with E-state index in [1.807, 2.05) is 12.2 Å². The van der Waals surface area contributed by atoms with Crippen molar-refractivity contribution in [2.24, 2.45) is 11.8 Å². The van der Waals surface area contributed by atoms with Crippen molar-refractivity contribution in [1.82, 2.24) is 0 Å². The summed E-state index contributed by atoms with van der Waals surface area (Å²) in [5.41, 5.74) is 0. The predicted molar refractivity (Wildman–Crippen MR) is 126 cm³/mol. The first-order valence-electron chi connectivity index (χ1n) is 11.4. The van der Waals surface area contributed by atoms with Gasteiger partial charge >= 0.3 is 5.97 Å². The summed E-state index contributed by atoms with van der Waals surface area (Å²) in [4.78, 5) is 11.7. The van der Waals surface area contributed by atoms with Crippen LogP contribution in [0.2, 0.25) is 0 Å². The Morgan fingerprint density at radius 1 is 0.800 bits per heavy atom. The fourth-order valence-electron chi connectivity index (χ4n) is 3.19. The van der Waals surface area contributed by atoms with E-state index in [-0.39, 0.29) is 18.9 Å². The lowest BCUT2D eigenvalue weighted by molar-refractivity contribution is -0.148. The Bertz CT molecular complexity index is 557. The molecule has 4 heteroatoms. The molecule has 0 saturated carbocycles. The number of hydrogen-bond donors (Lipinski definition) is 3. The molecule has 1 unspecified atom stereocenters. The summed E-state index contributed by atoms with van der Waals surface area (Å²) < 4.78 is 0. The number of hydrogen-bond acceptors (Lipinski definition) is 3. The largest absolute Gasteiger partial charge is 0.481 e. The lowest BCUT2D eigenvalue weighted by Gasteiger charge is -2.25. The van der Waals surface area contributed by atoms with E-state index in [0.717, 1.165) is 51.4 Å². The number of aliphatic hydroxyl groups is 2. The number of carboxylic acids is 1. The Balaban J connectivity index is 4.44. The van der Waals surface area contributed by atoms with Gasteiger partial charge in [0.2, 0.25) is 0 Å². The third-order valence-electron chi connectivity index (χ3n) is 4.85. The second-order valence-electron chi connectivity index (χ2n) is 7.41. The highest BCUT2D eigenvalue weighted by Gasteiger charge is 2.32. The van der Waals surface area contributed by atoms with E-state index >= 15 is 0 Å². The molecule has 0 aromatic heterocycles. The third-order valence-corrected chi connectivity index (χ3v) is 4.85. The van der Waals surface area contributed by atoms with Crippen molar-refractivity contribution in [1.29, 1.82) is 0 Å². The van der Waals surface area contributed by atoms with Crippen LogP contribution in [0.15, 0.2) is 60.8 Å². The molecule has 4 nitrogen and oxygen atoms in total. The maximum absolute atomic E-state index is 11.7. The molecule has 0 aliphatic carbocycles. The standard InChI is InChI=1S/C26H42O4/c1-3-5-7-8-9-10-11-12-13-14-15-16-17-18-20-23(19-6-4-2)25(26(29)30)24(28)21-22-27/h5,7,9-10,12-13,15-16,18,20,23-25,27-28H,3-4,6,8,11,14,17,19,21-22H2,1-2H3,(H,29,30)/b7-5-,10-9-,13-12-,16-15-,20-18-/t23-,24-,25?/m1/s1. The summed E-state index contributed by atoms with van der Waals surface area (Å²) in [6.45, 7) is 3.99. The summed E-state index contributed by atoms with van der Waals surface area (Å²) in [5.74, 6) is -2.11. The Morgan fingerprint density at radius 3 is 1.73 bits per heavy atom. The smallest absolute Gasteiger partial charge is 0.309 e. The Labute approximate surface area is 183 Å². The van der Waals surface area contributed by atoms with Gasteiger partial charge in [0.1, 0.15) is 0 Å². The van der Waals surface area contributed by atoms with Gasteiger partial charge in [-0.2, -0.15) is 0 Å². The van der Waals surface area contributed by atoms with Crippen LogP contribution in [0, 0.1) is 11.8 Å². The zero-order valence-corrected chi connectivity index (χ0v) is 18.8. The topological polar surface area (TPSA) is 77.8 Å². The Hall–Kier alpha value is -1.91. The number of aliphatic carboxylic acids is 1. The molecule has 0 aliphatic rings. The molecule has 0 aromatic rings. The molecule has 0 bridgehead atoms. The Morgan fingerprint density at radius 2 is 1.30 bits per heavy atom. The van der Waals surface area contributed by atoms with Gasteiger partial charge in [0.15, 0.2) is 0 Å². The number of allylic oxidation sites excluding steroid dienone is 10. The first kappa shape index (κ1) is 28.1. The Kier molecular flexibility index (Phi) is 19.1. The number of aliphatic hydroxyl groups excluding tert-OH is 2. The van der Waals surface area contributed by atoms with Crippen molar-refractivity contribution in [2.75, 3.05) is 6.61 Å². The minimum absolute atomic E-state index is 0.0876.